The van der Waals surface area contributed by atoms with Gasteiger partial charge < -0.3 is 4.74 Å². The van der Waals surface area contributed by atoms with Gasteiger partial charge in [-0.05, 0) is 7.05 Å². The van der Waals surface area contributed by atoms with E-state index in [4.69, 9.17) is 11.2 Å². The highest BCUT2D eigenvalue weighted by Crippen LogP contribution is 2.09. The lowest BCUT2D eigenvalue weighted by Crippen LogP contribution is -2.45. The highest BCUT2D eigenvalue weighted by Gasteiger charge is 2.22. The normalized spacial score (nSPS) is 32.7. The Kier molecular flexibility index (Phi) is 2.70. The molecule has 1 aliphatic heterocycles. The average molecular weight is 151 g/mol. The SMILES string of the molecule is C#C[C@@H]1CN(C)[C@H](C=C)CO1. The van der Waals surface area contributed by atoms with Crippen LogP contribution in [-0.2, 0) is 4.74 Å². The second-order valence-electron chi connectivity index (χ2n) is 2.73. The molecule has 0 N–H and O–H groups in total. The van der Waals surface area contributed by atoms with Crippen molar-refractivity contribution in [3.05, 3.63) is 12.7 Å². The minimum absolute atomic E-state index is 0.0452. The van der Waals surface area contributed by atoms with Crippen molar-refractivity contribution in [1.82, 2.24) is 4.90 Å². The van der Waals surface area contributed by atoms with Crippen LogP contribution in [0.5, 0.6) is 0 Å². The molecule has 2 atom stereocenters. The zero-order chi connectivity index (χ0) is 8.27. The molecule has 1 saturated heterocycles. The van der Waals surface area contributed by atoms with E-state index in [9.17, 15) is 0 Å². The fourth-order valence-corrected chi connectivity index (χ4v) is 1.14. The van der Waals surface area contributed by atoms with Gasteiger partial charge in [0.05, 0.1) is 12.6 Å². The van der Waals surface area contributed by atoms with Crippen LogP contribution in [0.1, 0.15) is 0 Å². The minimum Gasteiger partial charge on any atom is -0.362 e. The first-order chi connectivity index (χ1) is 5.27. The van der Waals surface area contributed by atoms with Gasteiger partial charge in [-0.15, -0.1) is 13.0 Å². The second kappa shape index (κ2) is 3.56. The number of ether oxygens (including phenoxy) is 1. The standard InChI is InChI=1S/C9H13NO/c1-4-8-7-11-9(5-2)6-10(8)3/h2,4,8-9H,1,6-7H2,3H3/t8-,9-/m1/s1. The van der Waals surface area contributed by atoms with Gasteiger partial charge in [-0.1, -0.05) is 12.0 Å². The molecule has 0 aromatic rings. The first-order valence-electron chi connectivity index (χ1n) is 3.68. The van der Waals surface area contributed by atoms with Gasteiger partial charge in [-0.2, -0.15) is 0 Å². The van der Waals surface area contributed by atoms with Crippen molar-refractivity contribution in [3.63, 3.8) is 0 Å². The van der Waals surface area contributed by atoms with E-state index >= 15 is 0 Å². The van der Waals surface area contributed by atoms with Crippen molar-refractivity contribution in [1.29, 1.82) is 0 Å². The lowest BCUT2D eigenvalue weighted by molar-refractivity contribution is -0.0114. The molecule has 0 spiro atoms. The van der Waals surface area contributed by atoms with Gasteiger partial charge in [0.25, 0.3) is 0 Å². The van der Waals surface area contributed by atoms with Crippen molar-refractivity contribution in [2.75, 3.05) is 20.2 Å². The molecule has 11 heavy (non-hydrogen) atoms. The van der Waals surface area contributed by atoms with Gasteiger partial charge in [-0.3, -0.25) is 4.90 Å². The van der Waals surface area contributed by atoms with Crippen molar-refractivity contribution in [2.24, 2.45) is 0 Å². The number of terminal acetylenes is 1. The molecular weight excluding hydrogens is 138 g/mol. The fourth-order valence-electron chi connectivity index (χ4n) is 1.14. The summed E-state index contributed by atoms with van der Waals surface area (Å²) in [5, 5.41) is 0. The molecule has 1 fully saturated rings. The monoisotopic (exact) mass is 151 g/mol. The Labute approximate surface area is 67.8 Å². The van der Waals surface area contributed by atoms with E-state index in [1.165, 1.54) is 0 Å². The van der Waals surface area contributed by atoms with Crippen molar-refractivity contribution in [3.8, 4) is 12.3 Å². The molecule has 2 heteroatoms. The smallest absolute Gasteiger partial charge is 0.130 e. The third-order valence-electron chi connectivity index (χ3n) is 1.95. The summed E-state index contributed by atoms with van der Waals surface area (Å²) in [4.78, 5) is 2.15. The summed E-state index contributed by atoms with van der Waals surface area (Å²) < 4.78 is 5.35. The van der Waals surface area contributed by atoms with Crippen LogP contribution in [0.15, 0.2) is 12.7 Å². The van der Waals surface area contributed by atoms with E-state index in [0.29, 0.717) is 12.6 Å². The minimum atomic E-state index is -0.0452. The van der Waals surface area contributed by atoms with Crippen LogP contribution >= 0.6 is 0 Å². The number of hydrogen-bond donors (Lipinski definition) is 0. The maximum absolute atomic E-state index is 5.35. The summed E-state index contributed by atoms with van der Waals surface area (Å²) in [6, 6.07) is 0.319. The van der Waals surface area contributed by atoms with Gasteiger partial charge in [-0.25, -0.2) is 0 Å². The summed E-state index contributed by atoms with van der Waals surface area (Å²) in [5.74, 6) is 2.58. The number of hydrogen-bond acceptors (Lipinski definition) is 2. The fraction of sp³-hybridized carbons (Fsp3) is 0.556. The number of rotatable bonds is 1. The summed E-state index contributed by atoms with van der Waals surface area (Å²) in [5.41, 5.74) is 0. The third-order valence-corrected chi connectivity index (χ3v) is 1.95. The van der Waals surface area contributed by atoms with E-state index in [-0.39, 0.29) is 6.10 Å². The van der Waals surface area contributed by atoms with Crippen LogP contribution in [0.25, 0.3) is 0 Å². The van der Waals surface area contributed by atoms with Crippen molar-refractivity contribution >= 4 is 0 Å². The molecule has 0 aromatic carbocycles. The second-order valence-corrected chi connectivity index (χ2v) is 2.73. The third kappa shape index (κ3) is 1.83. The average Bonchev–Trinajstić information content (AvgIpc) is 2.04. The quantitative estimate of drug-likeness (QED) is 0.400. The van der Waals surface area contributed by atoms with Gasteiger partial charge in [0.2, 0.25) is 0 Å². The maximum atomic E-state index is 5.35. The van der Waals surface area contributed by atoms with E-state index in [2.05, 4.69) is 17.4 Å². The molecule has 0 unspecified atom stereocenters. The lowest BCUT2D eigenvalue weighted by atomic mass is 10.2. The van der Waals surface area contributed by atoms with Gasteiger partial charge >= 0.3 is 0 Å². The summed E-state index contributed by atoms with van der Waals surface area (Å²) in [6.07, 6.45) is 7.06. The molecule has 0 bridgehead atoms. The van der Waals surface area contributed by atoms with Gasteiger partial charge in [0, 0.05) is 6.54 Å². The predicted molar refractivity (Wildman–Crippen MR) is 45.2 cm³/mol. The largest absolute Gasteiger partial charge is 0.362 e. The number of morpholine rings is 1. The van der Waals surface area contributed by atoms with Gasteiger partial charge in [0.15, 0.2) is 0 Å². The molecule has 1 heterocycles. The Bertz CT molecular complexity index is 182. The van der Waals surface area contributed by atoms with Crippen LogP contribution in [0.4, 0.5) is 0 Å². The summed E-state index contributed by atoms with van der Waals surface area (Å²) >= 11 is 0. The number of likely N-dealkylation sites (N-methyl/N-ethyl adjacent to an activating group) is 1. The van der Waals surface area contributed by atoms with Crippen molar-refractivity contribution in [2.45, 2.75) is 12.1 Å². The number of nitrogens with zero attached hydrogens (tertiary/aromatic N) is 1. The van der Waals surface area contributed by atoms with E-state index in [0.717, 1.165) is 6.54 Å². The maximum Gasteiger partial charge on any atom is 0.130 e. The van der Waals surface area contributed by atoms with Crippen molar-refractivity contribution < 1.29 is 4.74 Å². The van der Waals surface area contributed by atoms with E-state index in [1.807, 2.05) is 13.1 Å². The Morgan fingerprint density at radius 3 is 3.00 bits per heavy atom. The van der Waals surface area contributed by atoms with Crippen LogP contribution < -0.4 is 0 Å². The zero-order valence-electron chi connectivity index (χ0n) is 6.79. The molecule has 60 valence electrons. The molecular formula is C9H13NO. The lowest BCUT2D eigenvalue weighted by Gasteiger charge is -2.33. The molecule has 2 nitrogen and oxygen atoms in total. The Morgan fingerprint density at radius 1 is 1.82 bits per heavy atom. The topological polar surface area (TPSA) is 12.5 Å². The first kappa shape index (κ1) is 8.32. The molecule has 1 rings (SSSR count). The zero-order valence-corrected chi connectivity index (χ0v) is 6.79. The highest BCUT2D eigenvalue weighted by atomic mass is 16.5. The molecule has 0 radical (unpaired) electrons. The molecule has 0 amide bonds. The predicted octanol–water partition coefficient (Wildman–Crippen LogP) is 0.505. The highest BCUT2D eigenvalue weighted by molar-refractivity contribution is 5.01. The van der Waals surface area contributed by atoms with Crippen LogP contribution in [0.3, 0.4) is 0 Å². The Hall–Kier alpha value is -0.780. The Balaban J connectivity index is 2.48. The summed E-state index contributed by atoms with van der Waals surface area (Å²) in [7, 11) is 2.03. The van der Waals surface area contributed by atoms with Gasteiger partial charge in [0.1, 0.15) is 6.10 Å². The first-order valence-corrected chi connectivity index (χ1v) is 3.68. The van der Waals surface area contributed by atoms with Crippen LogP contribution in [0.2, 0.25) is 0 Å². The summed E-state index contributed by atoms with van der Waals surface area (Å²) in [6.45, 7) is 5.17. The molecule has 0 aliphatic carbocycles. The van der Waals surface area contributed by atoms with Crippen LogP contribution in [-0.4, -0.2) is 37.2 Å². The molecule has 0 saturated carbocycles. The molecule has 1 aliphatic rings. The van der Waals surface area contributed by atoms with E-state index < -0.39 is 0 Å². The Morgan fingerprint density at radius 2 is 2.55 bits per heavy atom. The van der Waals surface area contributed by atoms with Crippen LogP contribution in [0, 0.1) is 12.3 Å². The molecule has 0 aromatic heterocycles. The van der Waals surface area contributed by atoms with E-state index in [1.54, 1.807) is 0 Å².